The molecule has 212 valence electrons. The zero-order valence-electron chi connectivity index (χ0n) is 23.6. The summed E-state index contributed by atoms with van der Waals surface area (Å²) < 4.78 is 10.4. The summed E-state index contributed by atoms with van der Waals surface area (Å²) >= 11 is 0. The van der Waals surface area contributed by atoms with Crippen LogP contribution in [0.15, 0.2) is 85.1 Å². The van der Waals surface area contributed by atoms with Crippen LogP contribution in [-0.4, -0.2) is 36.4 Å². The van der Waals surface area contributed by atoms with Gasteiger partial charge in [-0.25, -0.2) is 0 Å². The van der Waals surface area contributed by atoms with E-state index in [1.807, 2.05) is 54.7 Å². The van der Waals surface area contributed by atoms with E-state index in [1.54, 1.807) is 0 Å². The highest BCUT2D eigenvalue weighted by Gasteiger charge is 2.15. The summed E-state index contributed by atoms with van der Waals surface area (Å²) in [6, 6.07) is 0. The highest BCUT2D eigenvalue weighted by atomic mass is 16.6. The molecule has 1 unspecified atom stereocenters. The lowest BCUT2D eigenvalue weighted by atomic mass is 10.1. The van der Waals surface area contributed by atoms with Crippen LogP contribution >= 0.6 is 0 Å². The third-order valence-electron chi connectivity index (χ3n) is 5.33. The molecule has 5 heteroatoms. The molecule has 0 heterocycles. The number of hydrogen-bond acceptors (Lipinski definition) is 5. The van der Waals surface area contributed by atoms with E-state index in [4.69, 9.17) is 9.47 Å². The lowest BCUT2D eigenvalue weighted by molar-refractivity contribution is -0.161. The number of carbonyl (C=O) groups excluding carboxylic acids is 2. The molecule has 1 atom stereocenters. The third kappa shape index (κ3) is 26.2. The Kier molecular flexibility index (Phi) is 26.4. The van der Waals surface area contributed by atoms with Gasteiger partial charge in [0.15, 0.2) is 6.10 Å². The molecule has 0 aliphatic rings. The van der Waals surface area contributed by atoms with Crippen LogP contribution in [0.3, 0.4) is 0 Å². The minimum atomic E-state index is -0.815. The first-order valence-electron chi connectivity index (χ1n) is 14.2. The fourth-order valence-electron chi connectivity index (χ4n) is 3.15. The lowest BCUT2D eigenvalue weighted by Gasteiger charge is -2.15. The first kappa shape index (κ1) is 35.1. The number of esters is 2. The first-order chi connectivity index (χ1) is 18.6. The number of rotatable bonds is 23. The van der Waals surface area contributed by atoms with E-state index >= 15 is 0 Å². The maximum absolute atomic E-state index is 12.0. The number of unbranched alkanes of at least 4 members (excludes halogenated alkanes) is 6. The summed E-state index contributed by atoms with van der Waals surface area (Å²) in [6.45, 7) is 3.80. The van der Waals surface area contributed by atoms with Crippen LogP contribution < -0.4 is 0 Å². The molecule has 5 nitrogen and oxygen atoms in total. The van der Waals surface area contributed by atoms with Gasteiger partial charge in [0, 0.05) is 12.8 Å². The fraction of sp³-hybridized carbons (Fsp3) is 0.515. The molecule has 0 fully saturated rings. The quantitative estimate of drug-likeness (QED) is 0.0828. The van der Waals surface area contributed by atoms with Crippen molar-refractivity contribution < 1.29 is 24.2 Å². The number of aliphatic hydroxyl groups is 1. The molecule has 0 bridgehead atoms. The molecule has 0 aliphatic carbocycles. The second kappa shape index (κ2) is 28.6. The molecule has 0 saturated heterocycles. The Bertz CT molecular complexity index is 783. The molecule has 0 spiro atoms. The zero-order valence-corrected chi connectivity index (χ0v) is 23.6. The summed E-state index contributed by atoms with van der Waals surface area (Å²) in [4.78, 5) is 23.9. The molecule has 0 saturated carbocycles. The molecule has 0 aromatic rings. The summed E-state index contributed by atoms with van der Waals surface area (Å²) in [5.74, 6) is -0.726. The van der Waals surface area contributed by atoms with Crippen LogP contribution in [-0.2, 0) is 19.1 Å². The van der Waals surface area contributed by atoms with Crippen LogP contribution in [0.5, 0.6) is 0 Å². The van der Waals surface area contributed by atoms with E-state index in [2.05, 4.69) is 44.2 Å². The van der Waals surface area contributed by atoms with Crippen molar-refractivity contribution in [3.05, 3.63) is 85.1 Å². The number of ether oxygens (including phenoxy) is 2. The Morgan fingerprint density at radius 2 is 1.16 bits per heavy atom. The van der Waals surface area contributed by atoms with Gasteiger partial charge in [0.05, 0.1) is 6.61 Å². The standard InChI is InChI=1S/C33H50O5/c1-3-5-7-9-11-13-15-16-18-19-21-23-25-27-32(35)37-30-31(29-34)38-33(36)28-26-24-22-20-17-14-12-10-8-6-4-2/h5,7,9-19,21,31,34H,3-4,6,8,20,22-30H2,1-2H3/b7-5+,11-9+,12-10+,15-13+,17-14+,18-16+,21-19+. The SMILES string of the molecule is CC/C=C/C=C/C=C/C=C/C=C/CCCC(=O)OCC(CO)OC(=O)CCCCC/C=C/C=C/CCCC. The van der Waals surface area contributed by atoms with Crippen molar-refractivity contribution in [2.45, 2.75) is 97.0 Å². The molecule has 0 aromatic heterocycles. The number of aliphatic hydroxyl groups excluding tert-OH is 1. The van der Waals surface area contributed by atoms with Gasteiger partial charge in [-0.3, -0.25) is 9.59 Å². The molecule has 0 aliphatic heterocycles. The van der Waals surface area contributed by atoms with E-state index in [1.165, 1.54) is 12.8 Å². The van der Waals surface area contributed by atoms with Gasteiger partial charge in [0.25, 0.3) is 0 Å². The average Bonchev–Trinajstić information content (AvgIpc) is 2.92. The molecular weight excluding hydrogens is 476 g/mol. The summed E-state index contributed by atoms with van der Waals surface area (Å²) in [7, 11) is 0. The van der Waals surface area contributed by atoms with Crippen molar-refractivity contribution in [2.75, 3.05) is 13.2 Å². The number of hydrogen-bond donors (Lipinski definition) is 1. The molecule has 0 rings (SSSR count). The second-order valence-electron chi connectivity index (χ2n) is 8.89. The maximum atomic E-state index is 12.0. The summed E-state index contributed by atoms with van der Waals surface area (Å²) in [5.41, 5.74) is 0. The van der Waals surface area contributed by atoms with Gasteiger partial charge in [0.2, 0.25) is 0 Å². The van der Waals surface area contributed by atoms with Crippen LogP contribution in [0.4, 0.5) is 0 Å². The van der Waals surface area contributed by atoms with Crippen molar-refractivity contribution in [1.29, 1.82) is 0 Å². The number of allylic oxidation sites excluding steroid dienone is 14. The smallest absolute Gasteiger partial charge is 0.306 e. The lowest BCUT2D eigenvalue weighted by Crippen LogP contribution is -2.28. The minimum absolute atomic E-state index is 0.120. The van der Waals surface area contributed by atoms with Gasteiger partial charge in [-0.1, -0.05) is 118 Å². The van der Waals surface area contributed by atoms with Crippen LogP contribution in [0, 0.1) is 0 Å². The normalized spacial score (nSPS) is 13.4. The fourth-order valence-corrected chi connectivity index (χ4v) is 3.15. The summed E-state index contributed by atoms with van der Waals surface area (Å²) in [5, 5.41) is 9.44. The van der Waals surface area contributed by atoms with Gasteiger partial charge in [0.1, 0.15) is 6.61 Å². The highest BCUT2D eigenvalue weighted by molar-refractivity contribution is 5.70. The molecule has 0 amide bonds. The molecule has 0 aromatic carbocycles. The minimum Gasteiger partial charge on any atom is -0.462 e. The Labute approximate surface area is 231 Å². The Balaban J connectivity index is 3.86. The first-order valence-corrected chi connectivity index (χ1v) is 14.2. The van der Waals surface area contributed by atoms with Gasteiger partial charge < -0.3 is 14.6 Å². The zero-order chi connectivity index (χ0) is 27.9. The second-order valence-corrected chi connectivity index (χ2v) is 8.89. The van der Waals surface area contributed by atoms with Crippen molar-refractivity contribution in [1.82, 2.24) is 0 Å². The predicted molar refractivity (Wildman–Crippen MR) is 159 cm³/mol. The predicted octanol–water partition coefficient (Wildman–Crippen LogP) is 8.05. The van der Waals surface area contributed by atoms with Crippen LogP contribution in [0.25, 0.3) is 0 Å². The molecule has 38 heavy (non-hydrogen) atoms. The molecule has 1 N–H and O–H groups in total. The number of carbonyl (C=O) groups is 2. The molecule has 0 radical (unpaired) electrons. The van der Waals surface area contributed by atoms with E-state index in [-0.39, 0.29) is 31.6 Å². The third-order valence-corrected chi connectivity index (χ3v) is 5.33. The van der Waals surface area contributed by atoms with E-state index in [9.17, 15) is 14.7 Å². The Hall–Kier alpha value is -2.92. The van der Waals surface area contributed by atoms with Crippen molar-refractivity contribution >= 4 is 11.9 Å². The van der Waals surface area contributed by atoms with E-state index < -0.39 is 6.10 Å². The average molecular weight is 527 g/mol. The topological polar surface area (TPSA) is 72.8 Å². The van der Waals surface area contributed by atoms with Gasteiger partial charge in [-0.05, 0) is 44.9 Å². The van der Waals surface area contributed by atoms with Crippen molar-refractivity contribution in [2.24, 2.45) is 0 Å². The van der Waals surface area contributed by atoms with Crippen LogP contribution in [0.1, 0.15) is 90.9 Å². The molecular formula is C33H50O5. The Morgan fingerprint density at radius 3 is 1.76 bits per heavy atom. The largest absolute Gasteiger partial charge is 0.462 e. The summed E-state index contributed by atoms with van der Waals surface area (Å²) in [6.07, 6.45) is 37.8. The highest BCUT2D eigenvalue weighted by Crippen LogP contribution is 2.07. The van der Waals surface area contributed by atoms with Crippen LogP contribution in [0.2, 0.25) is 0 Å². The monoisotopic (exact) mass is 526 g/mol. The van der Waals surface area contributed by atoms with Crippen molar-refractivity contribution in [3.63, 3.8) is 0 Å². The Morgan fingerprint density at radius 1 is 0.632 bits per heavy atom. The van der Waals surface area contributed by atoms with Gasteiger partial charge in [-0.15, -0.1) is 0 Å². The maximum Gasteiger partial charge on any atom is 0.306 e. The van der Waals surface area contributed by atoms with E-state index in [0.717, 1.165) is 44.9 Å². The van der Waals surface area contributed by atoms with E-state index in [0.29, 0.717) is 12.8 Å². The van der Waals surface area contributed by atoms with Gasteiger partial charge in [-0.2, -0.15) is 0 Å². The van der Waals surface area contributed by atoms with Gasteiger partial charge >= 0.3 is 11.9 Å². The van der Waals surface area contributed by atoms with Crippen molar-refractivity contribution in [3.8, 4) is 0 Å².